The highest BCUT2D eigenvalue weighted by Gasteiger charge is 2.37. The lowest BCUT2D eigenvalue weighted by atomic mass is 10.1. The average molecular weight is 446 g/mol. The van der Waals surface area contributed by atoms with E-state index >= 15 is 0 Å². The van der Waals surface area contributed by atoms with E-state index in [9.17, 15) is 18.0 Å². The molecule has 27 heavy (non-hydrogen) atoms. The minimum Gasteiger partial charge on any atom is -0.277 e. The molecule has 1 aliphatic rings. The van der Waals surface area contributed by atoms with Crippen molar-refractivity contribution < 1.29 is 18.0 Å². The number of likely N-dealkylation sites (N-methyl/N-ethyl adjacent to an activating group) is 1. The lowest BCUT2D eigenvalue weighted by Gasteiger charge is -2.06. The number of rotatable bonds is 3. The highest BCUT2D eigenvalue weighted by molar-refractivity contribution is 9.12. The van der Waals surface area contributed by atoms with E-state index in [4.69, 9.17) is 0 Å². The van der Waals surface area contributed by atoms with Crippen molar-refractivity contribution in [1.29, 1.82) is 0 Å². The molecule has 1 aromatic carbocycles. The second kappa shape index (κ2) is 6.14. The number of hydrogen-bond acceptors (Lipinski definition) is 5. The van der Waals surface area contributed by atoms with E-state index in [0.29, 0.717) is 10.9 Å². The van der Waals surface area contributed by atoms with Crippen LogP contribution in [0.5, 0.6) is 0 Å². The standard InChI is InChI=1S/C18H12BrN3O4S/c1-21-17(23)14(15(19)18(21)24)13-10-22(16-12(13)8-5-9-20-16)27(25,26)11-6-3-2-4-7-11/h2-10H,1H3. The largest absolute Gasteiger partial charge is 0.277 e. The van der Waals surface area contributed by atoms with Crippen LogP contribution in [0.3, 0.4) is 0 Å². The summed E-state index contributed by atoms with van der Waals surface area (Å²) < 4.78 is 27.3. The van der Waals surface area contributed by atoms with Gasteiger partial charge in [-0.15, -0.1) is 0 Å². The van der Waals surface area contributed by atoms with E-state index in [1.807, 2.05) is 0 Å². The maximum Gasteiger partial charge on any atom is 0.269 e. The van der Waals surface area contributed by atoms with Crippen LogP contribution in [0.15, 0.2) is 64.2 Å². The molecule has 0 N–H and O–H groups in total. The Morgan fingerprint density at radius 2 is 1.70 bits per heavy atom. The summed E-state index contributed by atoms with van der Waals surface area (Å²) in [6.45, 7) is 0. The second-order valence-corrected chi connectivity index (χ2v) is 8.50. The van der Waals surface area contributed by atoms with E-state index in [0.717, 1.165) is 8.87 Å². The van der Waals surface area contributed by atoms with Gasteiger partial charge in [0.25, 0.3) is 21.8 Å². The quantitative estimate of drug-likeness (QED) is 0.577. The Hall–Kier alpha value is -2.78. The molecule has 0 fully saturated rings. The molecule has 0 saturated heterocycles. The zero-order valence-electron chi connectivity index (χ0n) is 14.0. The highest BCUT2D eigenvalue weighted by Crippen LogP contribution is 2.37. The Morgan fingerprint density at radius 3 is 2.33 bits per heavy atom. The van der Waals surface area contributed by atoms with Crippen molar-refractivity contribution in [3.8, 4) is 0 Å². The van der Waals surface area contributed by atoms with E-state index in [1.165, 1.54) is 31.6 Å². The van der Waals surface area contributed by atoms with Crippen LogP contribution in [0, 0.1) is 0 Å². The van der Waals surface area contributed by atoms with Crippen LogP contribution >= 0.6 is 15.9 Å². The third-order valence-electron chi connectivity index (χ3n) is 4.33. The van der Waals surface area contributed by atoms with Crippen molar-refractivity contribution in [2.75, 3.05) is 7.05 Å². The number of imide groups is 1. The van der Waals surface area contributed by atoms with Gasteiger partial charge in [-0.1, -0.05) is 18.2 Å². The van der Waals surface area contributed by atoms with Gasteiger partial charge in [-0.05, 0) is 40.2 Å². The van der Waals surface area contributed by atoms with Gasteiger partial charge in [-0.3, -0.25) is 14.5 Å². The monoisotopic (exact) mass is 445 g/mol. The van der Waals surface area contributed by atoms with Gasteiger partial charge in [0, 0.05) is 30.4 Å². The summed E-state index contributed by atoms with van der Waals surface area (Å²) in [5.41, 5.74) is 0.619. The Labute approximate surface area is 163 Å². The van der Waals surface area contributed by atoms with Gasteiger partial charge in [-0.25, -0.2) is 17.4 Å². The number of hydrogen-bond donors (Lipinski definition) is 0. The molecule has 2 amide bonds. The minimum atomic E-state index is -3.93. The zero-order valence-corrected chi connectivity index (χ0v) is 16.4. The van der Waals surface area contributed by atoms with Crippen LogP contribution in [0.1, 0.15) is 5.56 Å². The van der Waals surface area contributed by atoms with Gasteiger partial charge >= 0.3 is 0 Å². The van der Waals surface area contributed by atoms with Crippen LogP contribution in [0.25, 0.3) is 16.6 Å². The molecule has 0 spiro atoms. The van der Waals surface area contributed by atoms with Crippen molar-refractivity contribution in [1.82, 2.24) is 13.9 Å². The summed E-state index contributed by atoms with van der Waals surface area (Å²) in [6, 6.07) is 11.2. The molecule has 4 rings (SSSR count). The number of nitrogens with zero attached hydrogens (tertiary/aromatic N) is 3. The zero-order chi connectivity index (χ0) is 19.3. The second-order valence-electron chi connectivity index (χ2n) is 5.89. The van der Waals surface area contributed by atoms with Gasteiger partial charge in [0.05, 0.1) is 15.0 Å². The molecule has 3 heterocycles. The van der Waals surface area contributed by atoms with Crippen LogP contribution < -0.4 is 0 Å². The number of carbonyl (C=O) groups is 2. The molecule has 0 unspecified atom stereocenters. The predicted octanol–water partition coefficient (Wildman–Crippen LogP) is 2.38. The molecule has 0 aliphatic carbocycles. The van der Waals surface area contributed by atoms with E-state index in [-0.39, 0.29) is 20.6 Å². The molecule has 2 aromatic heterocycles. The van der Waals surface area contributed by atoms with Gasteiger partial charge < -0.3 is 0 Å². The SMILES string of the molecule is CN1C(=O)C(Br)=C(c2cn(S(=O)(=O)c3ccccc3)c3ncccc23)C1=O. The first kappa shape index (κ1) is 17.6. The van der Waals surface area contributed by atoms with Crippen molar-refractivity contribution in [2.45, 2.75) is 4.90 Å². The van der Waals surface area contributed by atoms with Crippen LogP contribution in [0.4, 0.5) is 0 Å². The third kappa shape index (κ3) is 2.54. The summed E-state index contributed by atoms with van der Waals surface area (Å²) >= 11 is 3.17. The summed E-state index contributed by atoms with van der Waals surface area (Å²) in [5.74, 6) is -0.988. The Balaban J connectivity index is 2.03. The van der Waals surface area contributed by atoms with Crippen molar-refractivity contribution in [3.63, 3.8) is 0 Å². The first-order chi connectivity index (χ1) is 12.8. The molecular weight excluding hydrogens is 434 g/mol. The van der Waals surface area contributed by atoms with Gasteiger partial charge in [0.2, 0.25) is 0 Å². The Morgan fingerprint density at radius 1 is 1.00 bits per heavy atom. The summed E-state index contributed by atoms with van der Waals surface area (Å²) in [7, 11) is -2.56. The molecule has 3 aromatic rings. The lowest BCUT2D eigenvalue weighted by molar-refractivity contribution is -0.134. The fourth-order valence-corrected chi connectivity index (χ4v) is 4.96. The van der Waals surface area contributed by atoms with Gasteiger partial charge in [0.1, 0.15) is 0 Å². The molecule has 0 atom stereocenters. The normalized spacial score (nSPS) is 15.3. The number of fused-ring (bicyclic) bond motifs is 1. The summed E-state index contributed by atoms with van der Waals surface area (Å²) in [6.07, 6.45) is 2.81. The number of halogens is 1. The number of carbonyl (C=O) groups excluding carboxylic acids is 2. The lowest BCUT2D eigenvalue weighted by Crippen LogP contribution is -2.26. The smallest absolute Gasteiger partial charge is 0.269 e. The molecule has 0 bridgehead atoms. The summed E-state index contributed by atoms with van der Waals surface area (Å²) in [4.78, 5) is 29.9. The van der Waals surface area contributed by atoms with Crippen molar-refractivity contribution >= 4 is 54.4 Å². The number of pyridine rings is 1. The summed E-state index contributed by atoms with van der Waals surface area (Å²) in [5, 5.41) is 0.459. The number of amides is 2. The third-order valence-corrected chi connectivity index (χ3v) is 6.73. The van der Waals surface area contributed by atoms with E-state index in [2.05, 4.69) is 20.9 Å². The molecule has 0 saturated carbocycles. The topological polar surface area (TPSA) is 89.3 Å². The highest BCUT2D eigenvalue weighted by atomic mass is 79.9. The average Bonchev–Trinajstić information content (AvgIpc) is 3.15. The van der Waals surface area contributed by atoms with Crippen LogP contribution in [0.2, 0.25) is 0 Å². The molecule has 9 heteroatoms. The van der Waals surface area contributed by atoms with Gasteiger partial charge in [-0.2, -0.15) is 0 Å². The molecular formula is C18H12BrN3O4S. The van der Waals surface area contributed by atoms with Crippen molar-refractivity contribution in [3.05, 3.63) is 64.9 Å². The first-order valence-corrected chi connectivity index (χ1v) is 10.1. The molecule has 1 aliphatic heterocycles. The van der Waals surface area contributed by atoms with Crippen LogP contribution in [-0.4, -0.2) is 41.1 Å². The predicted molar refractivity (Wildman–Crippen MR) is 102 cm³/mol. The number of benzene rings is 1. The first-order valence-electron chi connectivity index (χ1n) is 7.83. The molecule has 7 nitrogen and oxygen atoms in total. The van der Waals surface area contributed by atoms with Crippen LogP contribution in [-0.2, 0) is 19.6 Å². The maximum atomic E-state index is 13.1. The van der Waals surface area contributed by atoms with E-state index < -0.39 is 21.8 Å². The van der Waals surface area contributed by atoms with Crippen molar-refractivity contribution in [2.24, 2.45) is 0 Å². The van der Waals surface area contributed by atoms with E-state index in [1.54, 1.807) is 30.3 Å². The minimum absolute atomic E-state index is 0.0926. The van der Waals surface area contributed by atoms with Gasteiger partial charge in [0.15, 0.2) is 5.65 Å². The Kier molecular flexibility index (Phi) is 4.01. The maximum absolute atomic E-state index is 13.1. The fourth-order valence-electron chi connectivity index (χ4n) is 2.96. The fraction of sp³-hybridized carbons (Fsp3) is 0.0556. The Bertz CT molecular complexity index is 1250. The molecule has 136 valence electrons. The number of aromatic nitrogens is 2. The molecule has 0 radical (unpaired) electrons.